The molecule has 3 nitrogen and oxygen atoms in total. The number of hydrogen-bond acceptors (Lipinski definition) is 2. The number of carbonyl (C=O) groups excluding carboxylic acids is 1. The molecule has 0 aliphatic heterocycles. The Kier molecular flexibility index (Phi) is 4.15. The van der Waals surface area contributed by atoms with E-state index in [1.165, 1.54) is 5.39 Å². The van der Waals surface area contributed by atoms with E-state index in [2.05, 4.69) is 29.1 Å². The Morgan fingerprint density at radius 1 is 1.39 bits per heavy atom. The van der Waals surface area contributed by atoms with Crippen LogP contribution in [0.15, 0.2) is 30.5 Å². The first-order valence-corrected chi connectivity index (χ1v) is 6.50. The van der Waals surface area contributed by atoms with Gasteiger partial charge in [0.15, 0.2) is 0 Å². The average molecular weight is 244 g/mol. The zero-order valence-electron chi connectivity index (χ0n) is 11.0. The number of rotatable bonds is 6. The molecule has 1 unspecified atom stereocenters. The van der Waals surface area contributed by atoms with Crippen molar-refractivity contribution in [3.8, 4) is 0 Å². The standard InChI is InChI=1S/C15H20N2O/c1-3-14(6-8-16-2)17-9-7-13-5-4-12(11-18)10-15(13)17/h4-5,7,9-11,14,16H,3,6,8H2,1-2H3. The molecule has 0 bridgehead atoms. The van der Waals surface area contributed by atoms with Crippen molar-refractivity contribution in [1.82, 2.24) is 9.88 Å². The Morgan fingerprint density at radius 3 is 2.89 bits per heavy atom. The van der Waals surface area contributed by atoms with Crippen LogP contribution < -0.4 is 5.32 Å². The minimum atomic E-state index is 0.483. The molecule has 0 amide bonds. The number of nitrogens with zero attached hydrogens (tertiary/aromatic N) is 1. The normalized spacial score (nSPS) is 12.8. The highest BCUT2D eigenvalue weighted by atomic mass is 16.1. The van der Waals surface area contributed by atoms with Crippen LogP contribution in [0.5, 0.6) is 0 Å². The predicted molar refractivity (Wildman–Crippen MR) is 75.2 cm³/mol. The summed E-state index contributed by atoms with van der Waals surface area (Å²) in [7, 11) is 1.98. The lowest BCUT2D eigenvalue weighted by Gasteiger charge is -2.18. The van der Waals surface area contributed by atoms with Gasteiger partial charge < -0.3 is 9.88 Å². The first-order chi connectivity index (χ1) is 8.80. The Bertz CT molecular complexity index is 530. The first kappa shape index (κ1) is 12.8. The van der Waals surface area contributed by atoms with Crippen molar-refractivity contribution in [2.75, 3.05) is 13.6 Å². The third kappa shape index (κ3) is 2.46. The van der Waals surface area contributed by atoms with Crippen LogP contribution in [0.2, 0.25) is 0 Å². The molecule has 2 aromatic rings. The third-order valence-corrected chi connectivity index (χ3v) is 3.48. The van der Waals surface area contributed by atoms with E-state index < -0.39 is 0 Å². The fraction of sp³-hybridized carbons (Fsp3) is 0.400. The van der Waals surface area contributed by atoms with Crippen LogP contribution in [0.4, 0.5) is 0 Å². The van der Waals surface area contributed by atoms with Crippen LogP contribution in [-0.2, 0) is 0 Å². The van der Waals surface area contributed by atoms with Gasteiger partial charge in [-0.3, -0.25) is 4.79 Å². The quantitative estimate of drug-likeness (QED) is 0.793. The van der Waals surface area contributed by atoms with E-state index in [1.54, 1.807) is 0 Å². The van der Waals surface area contributed by atoms with Crippen molar-refractivity contribution in [3.63, 3.8) is 0 Å². The summed E-state index contributed by atoms with van der Waals surface area (Å²) in [6.45, 7) is 3.21. The summed E-state index contributed by atoms with van der Waals surface area (Å²) in [5.41, 5.74) is 1.90. The monoisotopic (exact) mass is 244 g/mol. The highest BCUT2D eigenvalue weighted by Crippen LogP contribution is 2.24. The minimum Gasteiger partial charge on any atom is -0.344 e. The smallest absolute Gasteiger partial charge is 0.150 e. The summed E-state index contributed by atoms with van der Waals surface area (Å²) >= 11 is 0. The molecule has 0 spiro atoms. The highest BCUT2D eigenvalue weighted by molar-refractivity contribution is 5.87. The number of aldehydes is 1. The Labute approximate surface area is 108 Å². The van der Waals surface area contributed by atoms with Gasteiger partial charge in [0.1, 0.15) is 6.29 Å². The van der Waals surface area contributed by atoms with Crippen LogP contribution in [0.1, 0.15) is 36.2 Å². The van der Waals surface area contributed by atoms with E-state index in [-0.39, 0.29) is 0 Å². The second kappa shape index (κ2) is 5.83. The molecule has 0 aliphatic carbocycles. The van der Waals surface area contributed by atoms with Gasteiger partial charge in [0, 0.05) is 23.3 Å². The van der Waals surface area contributed by atoms with E-state index in [0.29, 0.717) is 6.04 Å². The molecule has 18 heavy (non-hydrogen) atoms. The molecule has 1 N–H and O–H groups in total. The Hall–Kier alpha value is -1.61. The van der Waals surface area contributed by atoms with E-state index in [0.717, 1.165) is 36.8 Å². The lowest BCUT2D eigenvalue weighted by molar-refractivity contribution is 0.112. The van der Waals surface area contributed by atoms with Crippen molar-refractivity contribution in [2.45, 2.75) is 25.8 Å². The summed E-state index contributed by atoms with van der Waals surface area (Å²) in [5, 5.41) is 4.39. The largest absolute Gasteiger partial charge is 0.344 e. The lowest BCUT2D eigenvalue weighted by Crippen LogP contribution is -2.15. The number of hydrogen-bond donors (Lipinski definition) is 1. The molecular weight excluding hydrogens is 224 g/mol. The zero-order valence-corrected chi connectivity index (χ0v) is 11.0. The minimum absolute atomic E-state index is 0.483. The number of aromatic nitrogens is 1. The molecule has 0 radical (unpaired) electrons. The second-order valence-corrected chi connectivity index (χ2v) is 4.61. The molecular formula is C15H20N2O. The van der Waals surface area contributed by atoms with Crippen molar-refractivity contribution in [3.05, 3.63) is 36.0 Å². The van der Waals surface area contributed by atoms with Gasteiger partial charge in [-0.1, -0.05) is 19.1 Å². The molecule has 1 heterocycles. The van der Waals surface area contributed by atoms with E-state index in [1.807, 2.05) is 25.2 Å². The third-order valence-electron chi connectivity index (χ3n) is 3.48. The molecule has 3 heteroatoms. The zero-order chi connectivity index (χ0) is 13.0. The van der Waals surface area contributed by atoms with Crippen LogP contribution in [0.25, 0.3) is 10.9 Å². The van der Waals surface area contributed by atoms with Gasteiger partial charge >= 0.3 is 0 Å². The number of fused-ring (bicyclic) bond motifs is 1. The maximum atomic E-state index is 10.9. The SMILES string of the molecule is CCC(CCNC)n1ccc2ccc(C=O)cc21. The van der Waals surface area contributed by atoms with Crippen LogP contribution in [0, 0.1) is 0 Å². The Balaban J connectivity index is 2.39. The van der Waals surface area contributed by atoms with Crippen LogP contribution in [-0.4, -0.2) is 24.4 Å². The van der Waals surface area contributed by atoms with E-state index in [9.17, 15) is 4.79 Å². The van der Waals surface area contributed by atoms with Gasteiger partial charge in [-0.05, 0) is 44.0 Å². The lowest BCUT2D eigenvalue weighted by atomic mass is 10.1. The van der Waals surface area contributed by atoms with Gasteiger partial charge in [0.25, 0.3) is 0 Å². The molecule has 0 saturated heterocycles. The van der Waals surface area contributed by atoms with Crippen molar-refractivity contribution in [2.24, 2.45) is 0 Å². The predicted octanol–water partition coefficient (Wildman–Crippen LogP) is 3.01. The van der Waals surface area contributed by atoms with Gasteiger partial charge in [0.05, 0.1) is 0 Å². The van der Waals surface area contributed by atoms with Crippen LogP contribution >= 0.6 is 0 Å². The van der Waals surface area contributed by atoms with E-state index >= 15 is 0 Å². The summed E-state index contributed by atoms with van der Waals surface area (Å²) in [4.78, 5) is 10.9. The van der Waals surface area contributed by atoms with Gasteiger partial charge in [-0.15, -0.1) is 0 Å². The van der Waals surface area contributed by atoms with Gasteiger partial charge in [0.2, 0.25) is 0 Å². The van der Waals surface area contributed by atoms with Crippen molar-refractivity contribution < 1.29 is 4.79 Å². The van der Waals surface area contributed by atoms with Crippen molar-refractivity contribution in [1.29, 1.82) is 0 Å². The maximum absolute atomic E-state index is 10.9. The maximum Gasteiger partial charge on any atom is 0.150 e. The molecule has 1 atom stereocenters. The van der Waals surface area contributed by atoms with Gasteiger partial charge in [-0.25, -0.2) is 0 Å². The molecule has 1 aromatic carbocycles. The highest BCUT2D eigenvalue weighted by Gasteiger charge is 2.11. The summed E-state index contributed by atoms with van der Waals surface area (Å²) < 4.78 is 2.29. The van der Waals surface area contributed by atoms with Gasteiger partial charge in [-0.2, -0.15) is 0 Å². The Morgan fingerprint density at radius 2 is 2.22 bits per heavy atom. The topological polar surface area (TPSA) is 34.0 Å². The number of nitrogens with one attached hydrogen (secondary N) is 1. The fourth-order valence-electron chi connectivity index (χ4n) is 2.41. The molecule has 0 fully saturated rings. The summed E-state index contributed by atoms with van der Waals surface area (Å²) in [6.07, 6.45) is 5.23. The molecule has 0 saturated carbocycles. The number of carbonyl (C=O) groups is 1. The van der Waals surface area contributed by atoms with Crippen molar-refractivity contribution >= 4 is 17.2 Å². The first-order valence-electron chi connectivity index (χ1n) is 6.50. The number of benzene rings is 1. The second-order valence-electron chi connectivity index (χ2n) is 4.61. The fourth-order valence-corrected chi connectivity index (χ4v) is 2.41. The van der Waals surface area contributed by atoms with Crippen LogP contribution in [0.3, 0.4) is 0 Å². The average Bonchev–Trinajstić information content (AvgIpc) is 2.83. The molecule has 96 valence electrons. The van der Waals surface area contributed by atoms with E-state index in [4.69, 9.17) is 0 Å². The summed E-state index contributed by atoms with van der Waals surface area (Å²) in [5.74, 6) is 0. The summed E-state index contributed by atoms with van der Waals surface area (Å²) in [6, 6.07) is 8.46. The molecule has 2 rings (SSSR count). The molecule has 1 aromatic heterocycles. The molecule has 0 aliphatic rings.